The third kappa shape index (κ3) is 3.68. The summed E-state index contributed by atoms with van der Waals surface area (Å²) in [6, 6.07) is 0.652. The molecular formula is C8H4ClF3N2O5. The van der Waals surface area contributed by atoms with E-state index >= 15 is 0 Å². The lowest BCUT2D eigenvalue weighted by Crippen LogP contribution is -2.20. The van der Waals surface area contributed by atoms with Crippen LogP contribution in [0.2, 0.25) is 0 Å². The summed E-state index contributed by atoms with van der Waals surface area (Å²) in [6.45, 7) is 0. The Labute approximate surface area is 108 Å². The lowest BCUT2D eigenvalue weighted by Gasteiger charge is -2.09. The van der Waals surface area contributed by atoms with Gasteiger partial charge in [0.15, 0.2) is 5.56 Å². The molecule has 0 aromatic carbocycles. The number of carbonyl (C=O) groups is 1. The first kappa shape index (κ1) is 15.0. The SMILES string of the molecule is COc1cc([N+](=O)[O-])nc(OC(F)(F)F)c1C(=O)Cl. The van der Waals surface area contributed by atoms with E-state index in [-0.39, 0.29) is 0 Å². The zero-order chi connectivity index (χ0) is 14.8. The second-order valence-electron chi connectivity index (χ2n) is 2.94. The number of rotatable bonds is 4. The van der Waals surface area contributed by atoms with Crippen molar-refractivity contribution in [3.05, 3.63) is 21.7 Å². The maximum Gasteiger partial charge on any atom is 0.575 e. The minimum atomic E-state index is -5.20. The molecule has 1 rings (SSSR count). The molecule has 104 valence electrons. The highest BCUT2D eigenvalue weighted by atomic mass is 35.5. The molecule has 0 radical (unpaired) electrons. The van der Waals surface area contributed by atoms with E-state index in [1.165, 1.54) is 0 Å². The van der Waals surface area contributed by atoms with Gasteiger partial charge in [-0.05, 0) is 16.5 Å². The van der Waals surface area contributed by atoms with Gasteiger partial charge in [0, 0.05) is 4.98 Å². The molecule has 19 heavy (non-hydrogen) atoms. The lowest BCUT2D eigenvalue weighted by atomic mass is 10.2. The molecule has 1 aromatic rings. The summed E-state index contributed by atoms with van der Waals surface area (Å²) in [5.74, 6) is -2.89. The number of nitro groups is 1. The standard InChI is InChI=1S/C8H4ClF3N2O5/c1-18-3-2-4(14(16)17)13-7(5(3)6(9)15)19-8(10,11)12/h2H,1H3. The summed E-state index contributed by atoms with van der Waals surface area (Å²) in [6.07, 6.45) is -5.20. The van der Waals surface area contributed by atoms with Gasteiger partial charge in [0.2, 0.25) is 0 Å². The first-order valence-electron chi connectivity index (χ1n) is 4.34. The third-order valence-corrected chi connectivity index (χ3v) is 1.94. The molecule has 0 spiro atoms. The number of aromatic nitrogens is 1. The third-order valence-electron chi connectivity index (χ3n) is 1.75. The van der Waals surface area contributed by atoms with Crippen LogP contribution in [0.15, 0.2) is 6.07 Å². The summed E-state index contributed by atoms with van der Waals surface area (Å²) < 4.78 is 44.4. The number of pyridine rings is 1. The Bertz CT molecular complexity index is 534. The van der Waals surface area contributed by atoms with Gasteiger partial charge in [-0.25, -0.2) is 0 Å². The number of hydrogen-bond acceptors (Lipinski definition) is 6. The van der Waals surface area contributed by atoms with Crippen molar-refractivity contribution in [1.29, 1.82) is 0 Å². The molecule has 0 amide bonds. The summed E-state index contributed by atoms with van der Waals surface area (Å²) in [4.78, 5) is 23.4. The highest BCUT2D eigenvalue weighted by Gasteiger charge is 2.38. The fraction of sp³-hybridized carbons (Fsp3) is 0.250. The molecule has 0 bridgehead atoms. The number of nitrogens with zero attached hydrogens (tertiary/aromatic N) is 2. The molecule has 0 atom stereocenters. The molecular weight excluding hydrogens is 297 g/mol. The van der Waals surface area contributed by atoms with Crippen molar-refractivity contribution in [1.82, 2.24) is 4.98 Å². The van der Waals surface area contributed by atoms with Crippen LogP contribution in [0, 0.1) is 10.1 Å². The molecule has 0 unspecified atom stereocenters. The number of ether oxygens (including phenoxy) is 2. The Morgan fingerprint density at radius 1 is 1.53 bits per heavy atom. The zero-order valence-corrected chi connectivity index (χ0v) is 9.78. The summed E-state index contributed by atoms with van der Waals surface area (Å²) >= 11 is 5.08. The Balaban J connectivity index is 3.50. The van der Waals surface area contributed by atoms with E-state index in [0.29, 0.717) is 6.07 Å². The van der Waals surface area contributed by atoms with Crippen LogP contribution in [-0.2, 0) is 0 Å². The lowest BCUT2D eigenvalue weighted by molar-refractivity contribution is -0.390. The van der Waals surface area contributed by atoms with Gasteiger partial charge in [-0.15, -0.1) is 13.2 Å². The maximum atomic E-state index is 12.1. The monoisotopic (exact) mass is 300 g/mol. The summed E-state index contributed by atoms with van der Waals surface area (Å²) in [7, 11) is 0.986. The Morgan fingerprint density at radius 3 is 2.47 bits per heavy atom. The Morgan fingerprint density at radius 2 is 2.11 bits per heavy atom. The van der Waals surface area contributed by atoms with Crippen LogP contribution in [0.5, 0.6) is 11.6 Å². The van der Waals surface area contributed by atoms with Crippen LogP contribution in [0.4, 0.5) is 19.0 Å². The van der Waals surface area contributed by atoms with Crippen molar-refractivity contribution in [2.75, 3.05) is 7.11 Å². The minimum absolute atomic E-state index is 0.555. The van der Waals surface area contributed by atoms with Crippen molar-refractivity contribution in [3.8, 4) is 11.6 Å². The van der Waals surface area contributed by atoms with E-state index in [1.54, 1.807) is 0 Å². The van der Waals surface area contributed by atoms with Gasteiger partial charge in [-0.3, -0.25) is 4.79 Å². The fourth-order valence-corrected chi connectivity index (χ4v) is 1.28. The molecule has 0 saturated carbocycles. The van der Waals surface area contributed by atoms with Gasteiger partial charge in [-0.1, -0.05) is 0 Å². The van der Waals surface area contributed by atoms with Gasteiger partial charge >= 0.3 is 18.1 Å². The molecule has 11 heteroatoms. The van der Waals surface area contributed by atoms with Gasteiger partial charge < -0.3 is 19.6 Å². The van der Waals surface area contributed by atoms with Crippen molar-refractivity contribution in [2.45, 2.75) is 6.36 Å². The molecule has 0 fully saturated rings. The largest absolute Gasteiger partial charge is 0.575 e. The molecule has 1 heterocycles. The van der Waals surface area contributed by atoms with E-state index in [1.807, 2.05) is 0 Å². The average Bonchev–Trinajstić information content (AvgIpc) is 2.24. The summed E-state index contributed by atoms with van der Waals surface area (Å²) in [5.41, 5.74) is -0.855. The van der Waals surface area contributed by atoms with E-state index in [2.05, 4.69) is 14.5 Å². The molecule has 0 aliphatic heterocycles. The normalized spacial score (nSPS) is 11.0. The first-order valence-corrected chi connectivity index (χ1v) is 4.72. The van der Waals surface area contributed by atoms with Crippen molar-refractivity contribution < 1.29 is 32.4 Å². The maximum absolute atomic E-state index is 12.1. The second kappa shape index (κ2) is 5.26. The molecule has 0 aliphatic rings. The number of alkyl halides is 3. The minimum Gasteiger partial charge on any atom is -0.495 e. The Hall–Kier alpha value is -2.10. The number of halogens is 4. The van der Waals surface area contributed by atoms with E-state index in [0.717, 1.165) is 7.11 Å². The highest BCUT2D eigenvalue weighted by Crippen LogP contribution is 2.34. The molecule has 1 aromatic heterocycles. The van der Waals surface area contributed by atoms with Crippen LogP contribution in [0.3, 0.4) is 0 Å². The zero-order valence-electron chi connectivity index (χ0n) is 9.02. The average molecular weight is 301 g/mol. The predicted molar refractivity (Wildman–Crippen MR) is 54.3 cm³/mol. The van der Waals surface area contributed by atoms with Gasteiger partial charge in [-0.2, -0.15) is 0 Å². The van der Waals surface area contributed by atoms with Crippen LogP contribution >= 0.6 is 11.6 Å². The smallest absolute Gasteiger partial charge is 0.495 e. The molecule has 0 aliphatic carbocycles. The predicted octanol–water partition coefficient (Wildman–Crippen LogP) is 2.28. The van der Waals surface area contributed by atoms with Gasteiger partial charge in [0.05, 0.1) is 13.2 Å². The molecule has 0 saturated heterocycles. The van der Waals surface area contributed by atoms with E-state index in [9.17, 15) is 28.1 Å². The van der Waals surface area contributed by atoms with Crippen LogP contribution in [0.25, 0.3) is 0 Å². The number of carbonyl (C=O) groups excluding carboxylic acids is 1. The quantitative estimate of drug-likeness (QED) is 0.481. The fourth-order valence-electron chi connectivity index (χ4n) is 1.11. The van der Waals surface area contributed by atoms with Crippen molar-refractivity contribution in [3.63, 3.8) is 0 Å². The van der Waals surface area contributed by atoms with Gasteiger partial charge in [0.25, 0.3) is 5.24 Å². The van der Waals surface area contributed by atoms with Crippen molar-refractivity contribution in [2.24, 2.45) is 0 Å². The summed E-state index contributed by atoms with van der Waals surface area (Å²) in [5, 5.41) is 9.14. The number of methoxy groups -OCH3 is 1. The van der Waals surface area contributed by atoms with E-state index < -0.39 is 39.5 Å². The Kier molecular flexibility index (Phi) is 4.14. The van der Waals surface area contributed by atoms with Crippen LogP contribution < -0.4 is 9.47 Å². The highest BCUT2D eigenvalue weighted by molar-refractivity contribution is 6.68. The second-order valence-corrected chi connectivity index (χ2v) is 3.28. The van der Waals surface area contributed by atoms with Gasteiger partial charge in [0.1, 0.15) is 5.75 Å². The van der Waals surface area contributed by atoms with Crippen LogP contribution in [-0.4, -0.2) is 28.6 Å². The molecule has 0 N–H and O–H groups in total. The van der Waals surface area contributed by atoms with Crippen LogP contribution in [0.1, 0.15) is 10.4 Å². The topological polar surface area (TPSA) is 91.6 Å². The first-order chi connectivity index (χ1) is 8.65. The molecule has 7 nitrogen and oxygen atoms in total. The van der Waals surface area contributed by atoms with E-state index in [4.69, 9.17) is 11.6 Å². The van der Waals surface area contributed by atoms with Crippen molar-refractivity contribution >= 4 is 22.7 Å². The number of hydrogen-bond donors (Lipinski definition) is 0.